The van der Waals surface area contributed by atoms with E-state index in [0.717, 1.165) is 35.1 Å². The Morgan fingerprint density at radius 3 is 2.94 bits per heavy atom. The lowest BCUT2D eigenvalue weighted by atomic mass is 9.90. The normalized spacial score (nSPS) is 19.9. The lowest BCUT2D eigenvalue weighted by Gasteiger charge is -2.24. The molecular formula is C14H19BrFNO. The molecule has 1 saturated heterocycles. The van der Waals surface area contributed by atoms with Gasteiger partial charge in [0.1, 0.15) is 0 Å². The predicted molar refractivity (Wildman–Crippen MR) is 74.7 cm³/mol. The third-order valence-electron chi connectivity index (χ3n) is 3.65. The van der Waals surface area contributed by atoms with Crippen molar-refractivity contribution in [1.29, 1.82) is 0 Å². The van der Waals surface area contributed by atoms with Crippen molar-refractivity contribution in [3.8, 4) is 5.75 Å². The van der Waals surface area contributed by atoms with Gasteiger partial charge in [-0.1, -0.05) is 15.9 Å². The van der Waals surface area contributed by atoms with E-state index >= 15 is 0 Å². The number of methoxy groups -OCH3 is 1. The molecule has 1 atom stereocenters. The molecule has 1 heterocycles. The summed E-state index contributed by atoms with van der Waals surface area (Å²) in [5.74, 6) is 0.690. The monoisotopic (exact) mass is 315 g/mol. The fourth-order valence-corrected chi connectivity index (χ4v) is 3.04. The van der Waals surface area contributed by atoms with Gasteiger partial charge in [-0.15, -0.1) is 0 Å². The van der Waals surface area contributed by atoms with E-state index in [4.69, 9.17) is 4.74 Å². The van der Waals surface area contributed by atoms with Gasteiger partial charge in [-0.3, -0.25) is 0 Å². The standard InChI is InChI=1S/C14H19BrFNO/c1-9-11(6-10-4-3-5-17-8-10)14(18-2)13(16)7-12(9)15/h7,10,17H,3-6,8H2,1-2H3. The second-order valence-corrected chi connectivity index (χ2v) is 5.75. The topological polar surface area (TPSA) is 21.3 Å². The van der Waals surface area contributed by atoms with Crippen molar-refractivity contribution < 1.29 is 9.13 Å². The van der Waals surface area contributed by atoms with Crippen LogP contribution in [0.2, 0.25) is 0 Å². The summed E-state index contributed by atoms with van der Waals surface area (Å²) < 4.78 is 19.9. The first-order chi connectivity index (χ1) is 8.63. The van der Waals surface area contributed by atoms with Gasteiger partial charge < -0.3 is 10.1 Å². The molecule has 0 bridgehead atoms. The van der Waals surface area contributed by atoms with Crippen molar-refractivity contribution in [3.63, 3.8) is 0 Å². The van der Waals surface area contributed by atoms with E-state index in [-0.39, 0.29) is 5.82 Å². The van der Waals surface area contributed by atoms with Crippen LogP contribution >= 0.6 is 15.9 Å². The molecule has 2 rings (SSSR count). The highest BCUT2D eigenvalue weighted by molar-refractivity contribution is 9.10. The summed E-state index contributed by atoms with van der Waals surface area (Å²) in [6.45, 7) is 4.12. The molecule has 0 aliphatic carbocycles. The number of nitrogens with one attached hydrogen (secondary N) is 1. The maximum atomic E-state index is 13.9. The van der Waals surface area contributed by atoms with Gasteiger partial charge in [-0.2, -0.15) is 0 Å². The van der Waals surface area contributed by atoms with E-state index in [1.807, 2.05) is 6.92 Å². The maximum Gasteiger partial charge on any atom is 0.166 e. The Morgan fingerprint density at radius 2 is 2.33 bits per heavy atom. The molecule has 18 heavy (non-hydrogen) atoms. The Balaban J connectivity index is 2.29. The van der Waals surface area contributed by atoms with Gasteiger partial charge in [0, 0.05) is 10.0 Å². The molecule has 1 N–H and O–H groups in total. The third kappa shape index (κ3) is 2.86. The van der Waals surface area contributed by atoms with Crippen molar-refractivity contribution >= 4 is 15.9 Å². The zero-order valence-corrected chi connectivity index (χ0v) is 12.4. The molecular weight excluding hydrogens is 297 g/mol. The van der Waals surface area contributed by atoms with Crippen LogP contribution in [0, 0.1) is 18.7 Å². The highest BCUT2D eigenvalue weighted by atomic mass is 79.9. The average Bonchev–Trinajstić information content (AvgIpc) is 2.37. The minimum Gasteiger partial charge on any atom is -0.493 e. The van der Waals surface area contributed by atoms with Crippen molar-refractivity contribution in [1.82, 2.24) is 5.32 Å². The Morgan fingerprint density at radius 1 is 1.56 bits per heavy atom. The summed E-state index contributed by atoms with van der Waals surface area (Å²) in [5, 5.41) is 3.39. The highest BCUT2D eigenvalue weighted by Crippen LogP contribution is 2.34. The largest absolute Gasteiger partial charge is 0.493 e. The van der Waals surface area contributed by atoms with Crippen molar-refractivity contribution in [2.45, 2.75) is 26.2 Å². The van der Waals surface area contributed by atoms with Gasteiger partial charge in [0.25, 0.3) is 0 Å². The van der Waals surface area contributed by atoms with Gasteiger partial charge in [0.15, 0.2) is 11.6 Å². The average molecular weight is 316 g/mol. The molecule has 1 aromatic rings. The zero-order valence-electron chi connectivity index (χ0n) is 10.9. The first-order valence-electron chi connectivity index (χ1n) is 6.35. The molecule has 0 amide bonds. The molecule has 1 unspecified atom stereocenters. The van der Waals surface area contributed by atoms with Crippen molar-refractivity contribution in [2.24, 2.45) is 5.92 Å². The van der Waals surface area contributed by atoms with E-state index in [1.165, 1.54) is 26.0 Å². The number of hydrogen-bond acceptors (Lipinski definition) is 2. The number of hydrogen-bond donors (Lipinski definition) is 1. The summed E-state index contributed by atoms with van der Waals surface area (Å²) in [7, 11) is 1.54. The highest BCUT2D eigenvalue weighted by Gasteiger charge is 2.20. The molecule has 0 aromatic heterocycles. The lowest BCUT2D eigenvalue weighted by molar-refractivity contribution is 0.353. The fraction of sp³-hybridized carbons (Fsp3) is 0.571. The van der Waals surface area contributed by atoms with Gasteiger partial charge in [-0.25, -0.2) is 4.39 Å². The number of halogens is 2. The van der Waals surface area contributed by atoms with Crippen LogP contribution in [0.4, 0.5) is 4.39 Å². The van der Waals surface area contributed by atoms with E-state index < -0.39 is 0 Å². The van der Waals surface area contributed by atoms with Gasteiger partial charge >= 0.3 is 0 Å². The summed E-state index contributed by atoms with van der Waals surface area (Å²) >= 11 is 3.41. The molecule has 100 valence electrons. The Kier molecular flexibility index (Phi) is 4.62. The second-order valence-electron chi connectivity index (χ2n) is 4.89. The first kappa shape index (κ1) is 13.8. The van der Waals surface area contributed by atoms with Crippen LogP contribution in [0.5, 0.6) is 5.75 Å². The Labute approximate surface area is 116 Å². The third-order valence-corrected chi connectivity index (χ3v) is 4.47. The van der Waals surface area contributed by atoms with Gasteiger partial charge in [-0.05, 0) is 56.8 Å². The van der Waals surface area contributed by atoms with Crippen LogP contribution in [0.1, 0.15) is 24.0 Å². The summed E-state index contributed by atoms with van der Waals surface area (Å²) in [5.41, 5.74) is 2.08. The summed E-state index contributed by atoms with van der Waals surface area (Å²) in [6, 6.07) is 1.48. The Hall–Kier alpha value is -0.610. The minimum atomic E-state index is -0.284. The van der Waals surface area contributed by atoms with E-state index in [2.05, 4.69) is 21.2 Å². The summed E-state index contributed by atoms with van der Waals surface area (Å²) in [6.07, 6.45) is 3.27. The van der Waals surface area contributed by atoms with Crippen LogP contribution in [0.25, 0.3) is 0 Å². The smallest absolute Gasteiger partial charge is 0.166 e. The first-order valence-corrected chi connectivity index (χ1v) is 7.15. The maximum absolute atomic E-state index is 13.9. The summed E-state index contributed by atoms with van der Waals surface area (Å²) in [4.78, 5) is 0. The molecule has 1 fully saturated rings. The lowest BCUT2D eigenvalue weighted by Crippen LogP contribution is -2.31. The van der Waals surface area contributed by atoms with E-state index in [0.29, 0.717) is 11.7 Å². The van der Waals surface area contributed by atoms with Gasteiger partial charge in [0.2, 0.25) is 0 Å². The SMILES string of the molecule is COc1c(F)cc(Br)c(C)c1CC1CCCNC1. The Bertz CT molecular complexity index is 430. The van der Waals surface area contributed by atoms with E-state index in [1.54, 1.807) is 0 Å². The molecule has 2 nitrogen and oxygen atoms in total. The molecule has 1 aromatic carbocycles. The molecule has 1 aliphatic rings. The number of benzene rings is 1. The second kappa shape index (κ2) is 6.02. The van der Waals surface area contributed by atoms with Crippen molar-refractivity contribution in [3.05, 3.63) is 27.5 Å². The predicted octanol–water partition coefficient (Wildman–Crippen LogP) is 3.45. The number of rotatable bonds is 3. The number of ether oxygens (including phenoxy) is 1. The quantitative estimate of drug-likeness (QED) is 0.922. The molecule has 0 spiro atoms. The minimum absolute atomic E-state index is 0.284. The number of piperidine rings is 1. The van der Waals surface area contributed by atoms with Crippen LogP contribution < -0.4 is 10.1 Å². The van der Waals surface area contributed by atoms with E-state index in [9.17, 15) is 4.39 Å². The van der Waals surface area contributed by atoms with Crippen LogP contribution in [0.15, 0.2) is 10.5 Å². The molecule has 1 aliphatic heterocycles. The molecule has 0 saturated carbocycles. The van der Waals surface area contributed by atoms with Crippen molar-refractivity contribution in [2.75, 3.05) is 20.2 Å². The van der Waals surface area contributed by atoms with Crippen LogP contribution in [-0.2, 0) is 6.42 Å². The molecule has 4 heteroatoms. The van der Waals surface area contributed by atoms with Gasteiger partial charge in [0.05, 0.1) is 7.11 Å². The fourth-order valence-electron chi connectivity index (χ4n) is 2.60. The van der Waals surface area contributed by atoms with Crippen LogP contribution in [-0.4, -0.2) is 20.2 Å². The zero-order chi connectivity index (χ0) is 13.1. The van der Waals surface area contributed by atoms with Crippen LogP contribution in [0.3, 0.4) is 0 Å². The molecule has 0 radical (unpaired) electrons.